The molecule has 6 nitrogen and oxygen atoms in total. The fraction of sp³-hybridized carbons (Fsp3) is 0.556. The maximum atomic E-state index is 12.2. The summed E-state index contributed by atoms with van der Waals surface area (Å²) in [5.74, 6) is 0.769. The van der Waals surface area contributed by atoms with Crippen LogP contribution < -0.4 is 4.74 Å². The smallest absolute Gasteiger partial charge is 0.410 e. The SMILES string of the molecule is CN(Cc1cnc2c(OC3CCC3)cc(Br)cn12)C(=O)OC(C)(C)C. The van der Waals surface area contributed by atoms with E-state index in [1.807, 2.05) is 37.4 Å². The average Bonchev–Trinajstić information content (AvgIpc) is 2.84. The van der Waals surface area contributed by atoms with Crippen molar-refractivity contribution in [1.82, 2.24) is 14.3 Å². The molecule has 1 fully saturated rings. The lowest BCUT2D eigenvalue weighted by molar-refractivity contribution is 0.0283. The molecular formula is C18H24BrN3O3. The van der Waals surface area contributed by atoms with Crippen LogP contribution in [0.1, 0.15) is 45.7 Å². The first-order chi connectivity index (χ1) is 11.7. The molecule has 7 heteroatoms. The van der Waals surface area contributed by atoms with Gasteiger partial charge in [-0.2, -0.15) is 0 Å². The van der Waals surface area contributed by atoms with E-state index in [-0.39, 0.29) is 12.2 Å². The Balaban J connectivity index is 1.81. The minimum atomic E-state index is -0.516. The highest BCUT2D eigenvalue weighted by Gasteiger charge is 2.23. The van der Waals surface area contributed by atoms with Gasteiger partial charge in [0, 0.05) is 17.7 Å². The van der Waals surface area contributed by atoms with Crippen molar-refractivity contribution >= 4 is 27.7 Å². The Bertz CT molecular complexity index is 778. The van der Waals surface area contributed by atoms with Crippen LogP contribution in [0, 0.1) is 0 Å². The zero-order chi connectivity index (χ0) is 18.2. The van der Waals surface area contributed by atoms with Gasteiger partial charge >= 0.3 is 6.09 Å². The van der Waals surface area contributed by atoms with Gasteiger partial charge in [0.15, 0.2) is 11.4 Å². The van der Waals surface area contributed by atoms with Crippen LogP contribution in [-0.2, 0) is 11.3 Å². The molecule has 25 heavy (non-hydrogen) atoms. The van der Waals surface area contributed by atoms with E-state index in [9.17, 15) is 4.79 Å². The summed E-state index contributed by atoms with van der Waals surface area (Å²) in [4.78, 5) is 18.2. The van der Waals surface area contributed by atoms with Crippen molar-refractivity contribution in [2.24, 2.45) is 0 Å². The predicted molar refractivity (Wildman–Crippen MR) is 98.9 cm³/mol. The summed E-state index contributed by atoms with van der Waals surface area (Å²) in [6.45, 7) is 5.96. The number of pyridine rings is 1. The van der Waals surface area contributed by atoms with Gasteiger partial charge < -0.3 is 14.4 Å². The van der Waals surface area contributed by atoms with Crippen LogP contribution in [0.2, 0.25) is 0 Å². The molecule has 0 saturated heterocycles. The van der Waals surface area contributed by atoms with Crippen molar-refractivity contribution in [3.63, 3.8) is 0 Å². The van der Waals surface area contributed by atoms with E-state index < -0.39 is 5.60 Å². The number of hydrogen-bond donors (Lipinski definition) is 0. The quantitative estimate of drug-likeness (QED) is 0.750. The highest BCUT2D eigenvalue weighted by Crippen LogP contribution is 2.30. The Morgan fingerprint density at radius 2 is 2.16 bits per heavy atom. The van der Waals surface area contributed by atoms with Crippen LogP contribution in [0.5, 0.6) is 5.75 Å². The molecule has 0 aromatic carbocycles. The highest BCUT2D eigenvalue weighted by molar-refractivity contribution is 9.10. The van der Waals surface area contributed by atoms with Gasteiger partial charge in [0.05, 0.1) is 24.5 Å². The Hall–Kier alpha value is -1.76. The van der Waals surface area contributed by atoms with Crippen LogP contribution in [-0.4, -0.2) is 39.1 Å². The molecule has 0 spiro atoms. The van der Waals surface area contributed by atoms with Crippen LogP contribution in [0.4, 0.5) is 4.79 Å². The molecule has 1 aliphatic carbocycles. The lowest BCUT2D eigenvalue weighted by Crippen LogP contribution is -2.34. The van der Waals surface area contributed by atoms with Gasteiger partial charge in [-0.3, -0.25) is 4.40 Å². The number of aromatic nitrogens is 2. The summed E-state index contributed by atoms with van der Waals surface area (Å²) >= 11 is 3.53. The van der Waals surface area contributed by atoms with E-state index in [4.69, 9.17) is 9.47 Å². The number of rotatable bonds is 4. The first-order valence-electron chi connectivity index (χ1n) is 8.49. The zero-order valence-corrected chi connectivity index (χ0v) is 16.7. The topological polar surface area (TPSA) is 56.1 Å². The Morgan fingerprint density at radius 3 is 2.76 bits per heavy atom. The minimum absolute atomic E-state index is 0.280. The molecule has 0 bridgehead atoms. The lowest BCUT2D eigenvalue weighted by atomic mass is 9.96. The van der Waals surface area contributed by atoms with Gasteiger partial charge in [-0.05, 0) is 62.0 Å². The maximum Gasteiger partial charge on any atom is 0.410 e. The van der Waals surface area contributed by atoms with E-state index in [1.165, 1.54) is 6.42 Å². The largest absolute Gasteiger partial charge is 0.486 e. The summed E-state index contributed by atoms with van der Waals surface area (Å²) in [6.07, 6.45) is 7.03. The third-order valence-corrected chi connectivity index (χ3v) is 4.50. The second kappa shape index (κ2) is 6.86. The molecule has 1 aliphatic rings. The summed E-state index contributed by atoms with van der Waals surface area (Å²) in [5.41, 5.74) is 1.14. The molecule has 0 radical (unpaired) electrons. The molecule has 1 saturated carbocycles. The fourth-order valence-electron chi connectivity index (χ4n) is 2.59. The summed E-state index contributed by atoms with van der Waals surface area (Å²) < 4.78 is 14.3. The third-order valence-electron chi connectivity index (χ3n) is 4.07. The molecule has 2 aromatic heterocycles. The van der Waals surface area contributed by atoms with Crippen molar-refractivity contribution in [2.45, 2.75) is 58.3 Å². The second-order valence-corrected chi connectivity index (χ2v) is 8.39. The average molecular weight is 410 g/mol. The molecule has 1 amide bonds. The molecule has 136 valence electrons. The zero-order valence-electron chi connectivity index (χ0n) is 15.1. The first-order valence-corrected chi connectivity index (χ1v) is 9.28. The predicted octanol–water partition coefficient (Wildman–Crippen LogP) is 4.40. The molecule has 2 aromatic rings. The van der Waals surface area contributed by atoms with Crippen LogP contribution in [0.3, 0.4) is 0 Å². The van der Waals surface area contributed by atoms with Crippen LogP contribution in [0.15, 0.2) is 22.9 Å². The standard InChI is InChI=1S/C18H24BrN3O3/c1-18(2,3)25-17(23)21(4)11-13-9-20-16-15(24-14-6-5-7-14)8-12(19)10-22(13)16/h8-10,14H,5-7,11H2,1-4H3. The molecule has 0 aliphatic heterocycles. The van der Waals surface area contributed by atoms with Gasteiger partial charge in [-0.25, -0.2) is 9.78 Å². The van der Waals surface area contributed by atoms with Crippen LogP contribution >= 0.6 is 15.9 Å². The monoisotopic (exact) mass is 409 g/mol. The first kappa shape index (κ1) is 18.0. The van der Waals surface area contributed by atoms with Gasteiger partial charge in [-0.15, -0.1) is 0 Å². The Labute approximate surface area is 156 Å². The normalized spacial score (nSPS) is 15.1. The van der Waals surface area contributed by atoms with E-state index in [0.717, 1.165) is 34.4 Å². The minimum Gasteiger partial charge on any atom is -0.486 e. The number of carbonyl (C=O) groups is 1. The van der Waals surface area contributed by atoms with Crippen molar-refractivity contribution in [3.05, 3.63) is 28.6 Å². The highest BCUT2D eigenvalue weighted by atomic mass is 79.9. The van der Waals surface area contributed by atoms with Gasteiger partial charge in [0.25, 0.3) is 0 Å². The van der Waals surface area contributed by atoms with E-state index in [1.54, 1.807) is 18.1 Å². The van der Waals surface area contributed by atoms with Crippen molar-refractivity contribution in [2.75, 3.05) is 7.05 Å². The molecule has 2 heterocycles. The van der Waals surface area contributed by atoms with Crippen molar-refractivity contribution < 1.29 is 14.3 Å². The number of imidazole rings is 1. The number of hydrogen-bond acceptors (Lipinski definition) is 4. The number of amides is 1. The van der Waals surface area contributed by atoms with E-state index in [0.29, 0.717) is 6.54 Å². The summed E-state index contributed by atoms with van der Waals surface area (Å²) in [5, 5.41) is 0. The number of fused-ring (bicyclic) bond motifs is 1. The number of carbonyl (C=O) groups excluding carboxylic acids is 1. The molecule has 3 rings (SSSR count). The van der Waals surface area contributed by atoms with E-state index >= 15 is 0 Å². The van der Waals surface area contributed by atoms with Crippen LogP contribution in [0.25, 0.3) is 5.65 Å². The van der Waals surface area contributed by atoms with Crippen molar-refractivity contribution in [3.8, 4) is 5.75 Å². The fourth-order valence-corrected chi connectivity index (χ4v) is 3.00. The van der Waals surface area contributed by atoms with Gasteiger partial charge in [0.2, 0.25) is 0 Å². The number of nitrogens with zero attached hydrogens (tertiary/aromatic N) is 3. The van der Waals surface area contributed by atoms with E-state index in [2.05, 4.69) is 20.9 Å². The third kappa shape index (κ3) is 4.26. The lowest BCUT2D eigenvalue weighted by Gasteiger charge is -2.26. The molecule has 0 N–H and O–H groups in total. The Morgan fingerprint density at radius 1 is 1.44 bits per heavy atom. The number of halogens is 1. The van der Waals surface area contributed by atoms with Gasteiger partial charge in [-0.1, -0.05) is 0 Å². The number of ether oxygens (including phenoxy) is 2. The summed E-state index contributed by atoms with van der Waals surface area (Å²) in [6, 6.07) is 1.95. The summed E-state index contributed by atoms with van der Waals surface area (Å²) in [7, 11) is 1.72. The molecular weight excluding hydrogens is 386 g/mol. The van der Waals surface area contributed by atoms with Gasteiger partial charge in [0.1, 0.15) is 5.60 Å². The van der Waals surface area contributed by atoms with Crippen molar-refractivity contribution in [1.29, 1.82) is 0 Å². The Kier molecular flexibility index (Phi) is 4.95. The second-order valence-electron chi connectivity index (χ2n) is 7.47. The molecule has 0 unspecified atom stereocenters. The maximum absolute atomic E-state index is 12.2. The molecule has 0 atom stereocenters.